The molecule has 1 aromatic carbocycles. The first-order valence-electron chi connectivity index (χ1n) is 7.37. The molecule has 1 unspecified atom stereocenters. The monoisotopic (exact) mass is 340 g/mol. The molecule has 0 aromatic heterocycles. The molecule has 1 rings (SSSR count). The fourth-order valence-corrected chi connectivity index (χ4v) is 2.47. The van der Waals surface area contributed by atoms with Crippen LogP contribution in [0.4, 0.5) is 5.69 Å². The van der Waals surface area contributed by atoms with Crippen molar-refractivity contribution < 1.29 is 0 Å². The molecule has 0 saturated carbocycles. The first kappa shape index (κ1) is 17.5. The van der Waals surface area contributed by atoms with E-state index in [1.807, 2.05) is 0 Å². The SMILES string of the molecule is CC(C)NCc1ccc(Br)cc1N(C)C(C)C(C)(C)C. The van der Waals surface area contributed by atoms with Crippen LogP contribution in [0.5, 0.6) is 0 Å². The maximum atomic E-state index is 3.60. The second kappa shape index (κ2) is 6.95. The summed E-state index contributed by atoms with van der Waals surface area (Å²) in [5.74, 6) is 0. The van der Waals surface area contributed by atoms with Crippen LogP contribution >= 0.6 is 15.9 Å². The van der Waals surface area contributed by atoms with Gasteiger partial charge in [0.05, 0.1) is 0 Å². The minimum absolute atomic E-state index is 0.250. The summed E-state index contributed by atoms with van der Waals surface area (Å²) in [5.41, 5.74) is 2.90. The van der Waals surface area contributed by atoms with Gasteiger partial charge in [-0.05, 0) is 30.0 Å². The smallest absolute Gasteiger partial charge is 0.0423 e. The summed E-state index contributed by atoms with van der Waals surface area (Å²) in [5, 5.41) is 3.51. The van der Waals surface area contributed by atoms with Crippen molar-refractivity contribution in [2.75, 3.05) is 11.9 Å². The normalized spacial score (nSPS) is 13.7. The van der Waals surface area contributed by atoms with Crippen LogP contribution in [0.15, 0.2) is 22.7 Å². The number of benzene rings is 1. The summed E-state index contributed by atoms with van der Waals surface area (Å²) >= 11 is 3.60. The lowest BCUT2D eigenvalue weighted by Crippen LogP contribution is -2.40. The third-order valence-electron chi connectivity index (χ3n) is 3.96. The Labute approximate surface area is 133 Å². The lowest BCUT2D eigenvalue weighted by Gasteiger charge is -2.38. The molecule has 0 radical (unpaired) electrons. The maximum absolute atomic E-state index is 3.60. The van der Waals surface area contributed by atoms with E-state index in [2.05, 4.69) is 92.9 Å². The Morgan fingerprint density at radius 1 is 1.20 bits per heavy atom. The zero-order chi connectivity index (χ0) is 15.5. The van der Waals surface area contributed by atoms with Gasteiger partial charge in [-0.25, -0.2) is 0 Å². The largest absolute Gasteiger partial charge is 0.371 e. The average molecular weight is 341 g/mol. The van der Waals surface area contributed by atoms with Gasteiger partial charge in [-0.15, -0.1) is 0 Å². The first-order valence-corrected chi connectivity index (χ1v) is 8.17. The van der Waals surface area contributed by atoms with E-state index >= 15 is 0 Å². The molecule has 0 fully saturated rings. The van der Waals surface area contributed by atoms with Gasteiger partial charge < -0.3 is 10.2 Å². The van der Waals surface area contributed by atoms with Crippen LogP contribution in [-0.4, -0.2) is 19.1 Å². The van der Waals surface area contributed by atoms with Crippen molar-refractivity contribution in [3.63, 3.8) is 0 Å². The quantitative estimate of drug-likeness (QED) is 0.826. The molecule has 20 heavy (non-hydrogen) atoms. The third kappa shape index (κ3) is 4.78. The molecule has 1 N–H and O–H groups in total. The van der Waals surface area contributed by atoms with Crippen molar-refractivity contribution in [1.29, 1.82) is 0 Å². The Morgan fingerprint density at radius 3 is 2.30 bits per heavy atom. The Hall–Kier alpha value is -0.540. The van der Waals surface area contributed by atoms with Gasteiger partial charge in [0, 0.05) is 35.8 Å². The van der Waals surface area contributed by atoms with E-state index in [1.165, 1.54) is 11.3 Å². The van der Waals surface area contributed by atoms with Crippen molar-refractivity contribution in [2.24, 2.45) is 5.41 Å². The molecule has 0 heterocycles. The molecule has 1 atom stereocenters. The standard InChI is InChI=1S/C17H29BrN2/c1-12(2)19-11-14-8-9-15(18)10-16(14)20(7)13(3)17(4,5)6/h8-10,12-13,19H,11H2,1-7H3. The molecule has 0 aliphatic heterocycles. The van der Waals surface area contributed by atoms with Gasteiger partial charge in [0.25, 0.3) is 0 Å². The van der Waals surface area contributed by atoms with E-state index in [-0.39, 0.29) is 5.41 Å². The number of hydrogen-bond acceptors (Lipinski definition) is 2. The number of nitrogens with zero attached hydrogens (tertiary/aromatic N) is 1. The maximum Gasteiger partial charge on any atom is 0.0423 e. The predicted molar refractivity (Wildman–Crippen MR) is 93.4 cm³/mol. The molecule has 0 spiro atoms. The van der Waals surface area contributed by atoms with Crippen LogP contribution in [0.2, 0.25) is 0 Å². The summed E-state index contributed by atoms with van der Waals surface area (Å²) in [6, 6.07) is 7.52. The van der Waals surface area contributed by atoms with Gasteiger partial charge >= 0.3 is 0 Å². The third-order valence-corrected chi connectivity index (χ3v) is 4.46. The summed E-state index contributed by atoms with van der Waals surface area (Å²) < 4.78 is 1.13. The van der Waals surface area contributed by atoms with E-state index in [0.29, 0.717) is 12.1 Å². The predicted octanol–water partition coefficient (Wildman–Crippen LogP) is 4.82. The molecule has 0 amide bonds. The number of rotatable bonds is 5. The summed E-state index contributed by atoms with van der Waals surface area (Å²) in [6.45, 7) is 14.4. The van der Waals surface area contributed by atoms with Crippen LogP contribution in [0.1, 0.15) is 47.1 Å². The zero-order valence-corrected chi connectivity index (χ0v) is 15.5. The molecule has 0 aliphatic carbocycles. The Kier molecular flexibility index (Phi) is 6.08. The van der Waals surface area contributed by atoms with Gasteiger partial charge in [0.1, 0.15) is 0 Å². The highest BCUT2D eigenvalue weighted by atomic mass is 79.9. The molecular weight excluding hydrogens is 312 g/mol. The lowest BCUT2D eigenvalue weighted by molar-refractivity contribution is 0.329. The highest BCUT2D eigenvalue weighted by Crippen LogP contribution is 2.31. The lowest BCUT2D eigenvalue weighted by atomic mass is 9.86. The van der Waals surface area contributed by atoms with Crippen molar-refractivity contribution in [3.05, 3.63) is 28.2 Å². The Morgan fingerprint density at radius 2 is 1.80 bits per heavy atom. The van der Waals surface area contributed by atoms with Crippen molar-refractivity contribution >= 4 is 21.6 Å². The van der Waals surface area contributed by atoms with Gasteiger partial charge in [0.15, 0.2) is 0 Å². The second-order valence-electron chi connectivity index (χ2n) is 6.96. The van der Waals surface area contributed by atoms with E-state index in [1.54, 1.807) is 0 Å². The Bertz CT molecular complexity index is 435. The van der Waals surface area contributed by atoms with Gasteiger partial charge in [-0.1, -0.05) is 56.6 Å². The first-order chi connectivity index (χ1) is 9.12. The number of halogens is 1. The van der Waals surface area contributed by atoms with Gasteiger partial charge in [0.2, 0.25) is 0 Å². The molecule has 2 nitrogen and oxygen atoms in total. The number of hydrogen-bond donors (Lipinski definition) is 1. The Balaban J connectivity index is 3.05. The van der Waals surface area contributed by atoms with E-state index in [0.717, 1.165) is 11.0 Å². The minimum Gasteiger partial charge on any atom is -0.371 e. The average Bonchev–Trinajstić information content (AvgIpc) is 2.34. The molecule has 0 bridgehead atoms. The van der Waals surface area contributed by atoms with Crippen LogP contribution in [0.3, 0.4) is 0 Å². The molecular formula is C17H29BrN2. The summed E-state index contributed by atoms with van der Waals surface area (Å²) in [4.78, 5) is 2.39. The van der Waals surface area contributed by atoms with Crippen LogP contribution in [0.25, 0.3) is 0 Å². The molecule has 1 aromatic rings. The topological polar surface area (TPSA) is 15.3 Å². The zero-order valence-electron chi connectivity index (χ0n) is 13.9. The van der Waals surface area contributed by atoms with Crippen LogP contribution in [0, 0.1) is 5.41 Å². The number of anilines is 1. The molecule has 0 saturated heterocycles. The van der Waals surface area contributed by atoms with Crippen molar-refractivity contribution in [3.8, 4) is 0 Å². The van der Waals surface area contributed by atoms with E-state index in [4.69, 9.17) is 0 Å². The van der Waals surface area contributed by atoms with Gasteiger partial charge in [-0.3, -0.25) is 0 Å². The molecule has 114 valence electrons. The second-order valence-corrected chi connectivity index (χ2v) is 7.88. The van der Waals surface area contributed by atoms with Crippen LogP contribution < -0.4 is 10.2 Å². The van der Waals surface area contributed by atoms with Crippen molar-refractivity contribution in [2.45, 2.75) is 60.2 Å². The molecule has 3 heteroatoms. The summed E-state index contributed by atoms with van der Waals surface area (Å²) in [7, 11) is 2.19. The fraction of sp³-hybridized carbons (Fsp3) is 0.647. The van der Waals surface area contributed by atoms with E-state index in [9.17, 15) is 0 Å². The summed E-state index contributed by atoms with van der Waals surface area (Å²) in [6.07, 6.45) is 0. The minimum atomic E-state index is 0.250. The van der Waals surface area contributed by atoms with Gasteiger partial charge in [-0.2, -0.15) is 0 Å². The highest BCUT2D eigenvalue weighted by molar-refractivity contribution is 9.10. The molecule has 0 aliphatic rings. The highest BCUT2D eigenvalue weighted by Gasteiger charge is 2.25. The number of nitrogens with one attached hydrogen (secondary N) is 1. The fourth-order valence-electron chi connectivity index (χ4n) is 2.12. The van der Waals surface area contributed by atoms with Crippen molar-refractivity contribution in [1.82, 2.24) is 5.32 Å². The van der Waals surface area contributed by atoms with Crippen LogP contribution in [-0.2, 0) is 6.54 Å². The van der Waals surface area contributed by atoms with E-state index < -0.39 is 0 Å².